The third kappa shape index (κ3) is 6.18. The van der Waals surface area contributed by atoms with E-state index in [1.54, 1.807) is 11.8 Å². The van der Waals surface area contributed by atoms with Gasteiger partial charge in [-0.15, -0.1) is 21.6 Å². The van der Waals surface area contributed by atoms with Crippen LogP contribution in [-0.4, -0.2) is 0 Å². The number of hydrogen-bond acceptors (Lipinski definition) is 7. The first-order chi connectivity index (χ1) is 15.3. The molecule has 0 aliphatic carbocycles. The molecule has 1 aromatic heterocycles. The van der Waals surface area contributed by atoms with Crippen LogP contribution in [0.15, 0.2) is 94.9 Å². The van der Waals surface area contributed by atoms with E-state index in [4.69, 9.17) is 18.6 Å². The standard InChI is InChI=1S/C23H16N2S2.ClHO4/c1-2-8-16(9-3-1)24-20-14-17(26-21-12-6-4-10-18(20)21)15-23-25-19-11-5-7-13-22(19)27-23;2-1(3,4)5/h1-15,25H;(H,2,3,4,5)/b23-15-,24-20?;. The Morgan fingerprint density at radius 3 is 2.22 bits per heavy atom. The molecular formula is C23H17ClN2O4S2. The van der Waals surface area contributed by atoms with Gasteiger partial charge in [0.2, 0.25) is 11.0 Å². The average Bonchev–Trinajstić information content (AvgIpc) is 3.15. The van der Waals surface area contributed by atoms with Crippen molar-refractivity contribution in [3.05, 3.63) is 100 Å². The molecule has 0 atom stereocenters. The van der Waals surface area contributed by atoms with Gasteiger partial charge in [0.15, 0.2) is 0 Å². The first-order valence-corrected chi connectivity index (χ1v) is 12.3. The maximum atomic E-state index is 8.49. The van der Waals surface area contributed by atoms with Crippen LogP contribution >= 0.6 is 23.1 Å². The number of hydrogen-bond donors (Lipinski definition) is 2. The molecule has 162 valence electrons. The Kier molecular flexibility index (Phi) is 6.92. The van der Waals surface area contributed by atoms with Gasteiger partial charge in [0.05, 0.1) is 16.1 Å². The minimum absolute atomic E-state index is 1.10. The highest BCUT2D eigenvalue weighted by Gasteiger charge is 2.15. The molecule has 0 amide bonds. The molecule has 6 nitrogen and oxygen atoms in total. The van der Waals surface area contributed by atoms with E-state index < -0.39 is 10.2 Å². The van der Waals surface area contributed by atoms with E-state index in [1.807, 2.05) is 17.4 Å². The Bertz CT molecular complexity index is 1300. The van der Waals surface area contributed by atoms with Gasteiger partial charge in [0.1, 0.15) is 0 Å². The number of nitrogens with one attached hydrogen (secondary N) is 2. The molecule has 1 aliphatic rings. The van der Waals surface area contributed by atoms with Crippen LogP contribution < -0.4 is 34.3 Å². The van der Waals surface area contributed by atoms with Crippen molar-refractivity contribution in [2.45, 2.75) is 4.90 Å². The van der Waals surface area contributed by atoms with Crippen molar-refractivity contribution >= 4 is 50.6 Å². The van der Waals surface area contributed by atoms with Gasteiger partial charge in [-0.2, -0.15) is 0 Å². The number of rotatable bonds is 2. The highest BCUT2D eigenvalue weighted by molar-refractivity contribution is 8.03. The molecule has 3 aromatic carbocycles. The summed E-state index contributed by atoms with van der Waals surface area (Å²) >= 11 is 3.59. The molecule has 0 saturated heterocycles. The first-order valence-electron chi connectivity index (χ1n) is 9.40. The molecule has 5 rings (SSSR count). The van der Waals surface area contributed by atoms with E-state index >= 15 is 0 Å². The highest BCUT2D eigenvalue weighted by Crippen LogP contribution is 2.41. The summed E-state index contributed by atoms with van der Waals surface area (Å²) in [6.07, 6.45) is 2.23. The van der Waals surface area contributed by atoms with E-state index in [2.05, 4.69) is 95.2 Å². The van der Waals surface area contributed by atoms with E-state index in [0.717, 1.165) is 16.1 Å². The lowest BCUT2D eigenvalue weighted by Gasteiger charge is -2.17. The third-order valence-electron chi connectivity index (χ3n) is 4.38. The molecule has 0 fully saturated rings. The normalized spacial score (nSPS) is 14.6. The van der Waals surface area contributed by atoms with E-state index in [-0.39, 0.29) is 0 Å². The smallest absolute Gasteiger partial charge is 0.214 e. The minimum atomic E-state index is -4.94. The zero-order chi connectivity index (χ0) is 22.6. The summed E-state index contributed by atoms with van der Waals surface area (Å²) in [4.78, 5) is 6.07. The molecule has 1 aliphatic heterocycles. The van der Waals surface area contributed by atoms with Gasteiger partial charge in [-0.25, -0.2) is 23.6 Å². The fraction of sp³-hybridized carbons (Fsp3) is 0. The van der Waals surface area contributed by atoms with Crippen LogP contribution in [0.25, 0.3) is 16.2 Å². The Hall–Kier alpha value is -2.69. The molecule has 2 N–H and O–H groups in total. The van der Waals surface area contributed by atoms with Crippen LogP contribution in [0.4, 0.5) is 11.4 Å². The van der Waals surface area contributed by atoms with Crippen molar-refractivity contribution in [3.63, 3.8) is 0 Å². The van der Waals surface area contributed by atoms with E-state index in [1.165, 1.54) is 25.5 Å². The first kappa shape index (κ1) is 22.5. The lowest BCUT2D eigenvalue weighted by molar-refractivity contribution is -2.00. The van der Waals surface area contributed by atoms with Gasteiger partial charge in [0.25, 0.3) is 0 Å². The summed E-state index contributed by atoms with van der Waals surface area (Å²) < 4.78 is 35.2. The summed E-state index contributed by atoms with van der Waals surface area (Å²) in [6.45, 7) is 0. The molecule has 0 bridgehead atoms. The predicted octanol–water partition coefficient (Wildman–Crippen LogP) is -0.0255. The van der Waals surface area contributed by atoms with Crippen LogP contribution in [-0.2, 0) is 0 Å². The number of thioether (sulfide) groups is 1. The highest BCUT2D eigenvalue weighted by atomic mass is 35.7. The lowest BCUT2D eigenvalue weighted by atomic mass is 10.2. The number of halogens is 1. The zero-order valence-electron chi connectivity index (χ0n) is 16.5. The number of para-hydroxylation sites is 2. The van der Waals surface area contributed by atoms with Crippen LogP contribution in [0.5, 0.6) is 0 Å². The van der Waals surface area contributed by atoms with Gasteiger partial charge in [-0.05, 0) is 30.3 Å². The van der Waals surface area contributed by atoms with Crippen LogP contribution in [0.1, 0.15) is 4.88 Å². The summed E-state index contributed by atoms with van der Waals surface area (Å²) in [7, 11) is -4.94. The molecule has 0 radical (unpaired) electrons. The predicted molar refractivity (Wildman–Crippen MR) is 116 cm³/mol. The van der Waals surface area contributed by atoms with Crippen molar-refractivity contribution < 1.29 is 33.9 Å². The second-order valence-corrected chi connectivity index (χ2v) is 9.61. The summed E-state index contributed by atoms with van der Waals surface area (Å²) in [6, 6.07) is 29.5. The van der Waals surface area contributed by atoms with Crippen LogP contribution in [0, 0.1) is 10.2 Å². The van der Waals surface area contributed by atoms with E-state index in [0.29, 0.717) is 0 Å². The van der Waals surface area contributed by atoms with Crippen molar-refractivity contribution in [3.8, 4) is 0 Å². The SMILES string of the molecule is C(=C1\Nc2ccccc2S1)/c1cc(=[NH+]c2ccccc2)c2ccccc2s1.[O-][Cl+3]([O-])([O-])[O-]. The van der Waals surface area contributed by atoms with Crippen molar-refractivity contribution in [1.29, 1.82) is 0 Å². The number of benzene rings is 3. The average molecular weight is 485 g/mol. The fourth-order valence-corrected chi connectivity index (χ4v) is 5.21. The lowest BCUT2D eigenvalue weighted by Crippen LogP contribution is -2.70. The minimum Gasteiger partial charge on any atom is -0.349 e. The second-order valence-electron chi connectivity index (χ2n) is 6.66. The van der Waals surface area contributed by atoms with Gasteiger partial charge >= 0.3 is 0 Å². The topological polar surface area (TPSA) is 118 Å². The molecule has 32 heavy (non-hydrogen) atoms. The Balaban J connectivity index is 0.000000444. The molecule has 2 heterocycles. The largest absolute Gasteiger partial charge is 0.349 e. The molecule has 4 aromatic rings. The van der Waals surface area contributed by atoms with Gasteiger partial charge < -0.3 is 5.32 Å². The second kappa shape index (κ2) is 9.85. The molecular weight excluding hydrogens is 468 g/mol. The van der Waals surface area contributed by atoms with E-state index in [9.17, 15) is 0 Å². The number of fused-ring (bicyclic) bond motifs is 2. The Morgan fingerprint density at radius 1 is 0.812 bits per heavy atom. The molecule has 0 spiro atoms. The zero-order valence-corrected chi connectivity index (χ0v) is 18.9. The maximum absolute atomic E-state index is 8.49. The molecule has 9 heteroatoms. The molecule has 0 saturated carbocycles. The quantitative estimate of drug-likeness (QED) is 0.412. The van der Waals surface area contributed by atoms with Crippen molar-refractivity contribution in [2.24, 2.45) is 0 Å². The summed E-state index contributed by atoms with van der Waals surface area (Å²) in [5.41, 5.74) is 2.28. The molecule has 0 unspecified atom stereocenters. The third-order valence-corrected chi connectivity index (χ3v) is 6.45. The van der Waals surface area contributed by atoms with Crippen molar-refractivity contribution in [2.75, 3.05) is 5.32 Å². The fourth-order valence-electron chi connectivity index (χ4n) is 3.14. The van der Waals surface area contributed by atoms with Crippen LogP contribution in [0.3, 0.4) is 0 Å². The van der Waals surface area contributed by atoms with Gasteiger partial charge in [-0.3, -0.25) is 0 Å². The van der Waals surface area contributed by atoms with Gasteiger partial charge in [-0.1, -0.05) is 54.2 Å². The maximum Gasteiger partial charge on any atom is 0.214 e. The van der Waals surface area contributed by atoms with Gasteiger partial charge in [0, 0.05) is 32.7 Å². The summed E-state index contributed by atoms with van der Waals surface area (Å²) in [5.74, 6) is 0. The number of anilines is 1. The van der Waals surface area contributed by atoms with Crippen molar-refractivity contribution in [1.82, 2.24) is 0 Å². The Morgan fingerprint density at radius 2 is 1.47 bits per heavy atom. The Labute approximate surface area is 194 Å². The monoisotopic (exact) mass is 484 g/mol. The van der Waals surface area contributed by atoms with Crippen LogP contribution in [0.2, 0.25) is 0 Å². The summed E-state index contributed by atoms with van der Waals surface area (Å²) in [5, 5.41) is 7.04.